The van der Waals surface area contributed by atoms with Gasteiger partial charge in [-0.05, 0) is 62.3 Å². The van der Waals surface area contributed by atoms with Crippen molar-refractivity contribution in [3.8, 4) is 0 Å². The van der Waals surface area contributed by atoms with Gasteiger partial charge in [0.05, 0.1) is 11.4 Å². The number of thiophene rings is 1. The van der Waals surface area contributed by atoms with Crippen LogP contribution < -0.4 is 5.32 Å². The molecule has 0 saturated heterocycles. The molecule has 0 atom stereocenters. The highest BCUT2D eigenvalue weighted by atomic mass is 32.1. The maximum Gasteiger partial charge on any atom is 0.264 e. The first-order valence-electron chi connectivity index (χ1n) is 8.69. The number of carbonyl (C=O) groups is 2. The van der Waals surface area contributed by atoms with E-state index >= 15 is 0 Å². The molecule has 0 bridgehead atoms. The van der Waals surface area contributed by atoms with E-state index in [4.69, 9.17) is 0 Å². The molecule has 1 heterocycles. The third kappa shape index (κ3) is 3.93. The van der Waals surface area contributed by atoms with E-state index in [1.54, 1.807) is 18.4 Å². The molecule has 1 N–H and O–H groups in total. The summed E-state index contributed by atoms with van der Waals surface area (Å²) in [6.07, 6.45) is 4.54. The quantitative estimate of drug-likeness (QED) is 0.902. The lowest BCUT2D eigenvalue weighted by Crippen LogP contribution is -2.34. The molecule has 0 aliphatic heterocycles. The van der Waals surface area contributed by atoms with Gasteiger partial charge in [-0.3, -0.25) is 9.59 Å². The predicted molar refractivity (Wildman–Crippen MR) is 102 cm³/mol. The number of rotatable bonds is 4. The minimum Gasteiger partial charge on any atom is -0.332 e. The second-order valence-corrected chi connectivity index (χ2v) is 7.88. The van der Waals surface area contributed by atoms with Gasteiger partial charge in [-0.1, -0.05) is 18.2 Å². The van der Waals surface area contributed by atoms with Gasteiger partial charge < -0.3 is 10.2 Å². The number of fused-ring (bicyclic) bond motifs is 1. The van der Waals surface area contributed by atoms with Crippen LogP contribution in [-0.2, 0) is 17.6 Å². The molecule has 0 saturated carbocycles. The van der Waals surface area contributed by atoms with Crippen LogP contribution in [0.15, 0.2) is 24.3 Å². The summed E-state index contributed by atoms with van der Waals surface area (Å²) in [5.74, 6) is -0.245. The van der Waals surface area contributed by atoms with Crippen molar-refractivity contribution in [2.24, 2.45) is 0 Å². The number of benzene rings is 1. The number of anilines is 1. The van der Waals surface area contributed by atoms with Gasteiger partial charge in [0.25, 0.3) is 5.91 Å². The van der Waals surface area contributed by atoms with Crippen LogP contribution >= 0.6 is 11.3 Å². The van der Waals surface area contributed by atoms with E-state index in [1.165, 1.54) is 28.2 Å². The van der Waals surface area contributed by atoms with Gasteiger partial charge in [-0.25, -0.2) is 0 Å². The first kappa shape index (κ1) is 17.7. The van der Waals surface area contributed by atoms with Crippen LogP contribution in [0.1, 0.15) is 44.1 Å². The highest BCUT2D eigenvalue weighted by Crippen LogP contribution is 2.30. The second-order valence-electron chi connectivity index (χ2n) is 6.74. The summed E-state index contributed by atoms with van der Waals surface area (Å²) in [5.41, 5.74) is 4.19. The number of para-hydroxylation sites is 1. The monoisotopic (exact) mass is 356 g/mol. The van der Waals surface area contributed by atoms with E-state index in [-0.39, 0.29) is 18.4 Å². The zero-order valence-corrected chi connectivity index (χ0v) is 15.8. The van der Waals surface area contributed by atoms with E-state index < -0.39 is 0 Å². The molecule has 2 aromatic rings. The zero-order valence-electron chi connectivity index (χ0n) is 15.0. The minimum absolute atomic E-state index is 0.0508. The molecule has 0 fully saturated rings. The van der Waals surface area contributed by atoms with E-state index in [0.29, 0.717) is 0 Å². The van der Waals surface area contributed by atoms with E-state index in [1.807, 2.05) is 38.1 Å². The lowest BCUT2D eigenvalue weighted by atomic mass is 9.99. The Labute approximate surface area is 152 Å². The lowest BCUT2D eigenvalue weighted by Gasteiger charge is -2.17. The second kappa shape index (κ2) is 7.40. The van der Waals surface area contributed by atoms with Crippen molar-refractivity contribution >= 4 is 28.8 Å². The number of hydrogen-bond acceptors (Lipinski definition) is 3. The third-order valence-electron chi connectivity index (χ3n) is 4.68. The minimum atomic E-state index is -0.172. The van der Waals surface area contributed by atoms with Crippen LogP contribution in [0.25, 0.3) is 0 Å². The Morgan fingerprint density at radius 1 is 1.16 bits per heavy atom. The molecular formula is C20H24N2O2S. The van der Waals surface area contributed by atoms with Gasteiger partial charge >= 0.3 is 0 Å². The Kier molecular flexibility index (Phi) is 5.23. The molecule has 0 unspecified atom stereocenters. The fraction of sp³-hybridized carbons (Fsp3) is 0.400. The van der Waals surface area contributed by atoms with Crippen LogP contribution in [0.4, 0.5) is 5.69 Å². The maximum absolute atomic E-state index is 12.6. The average Bonchev–Trinajstić information content (AvgIpc) is 3.01. The maximum atomic E-state index is 12.6. The molecule has 1 aliphatic carbocycles. The first-order valence-corrected chi connectivity index (χ1v) is 9.50. The van der Waals surface area contributed by atoms with Crippen LogP contribution in [0, 0.1) is 13.8 Å². The van der Waals surface area contributed by atoms with Gasteiger partial charge in [0.15, 0.2) is 0 Å². The normalized spacial score (nSPS) is 13.2. The number of carbonyl (C=O) groups excluding carboxylic acids is 2. The molecule has 1 aromatic heterocycles. The zero-order chi connectivity index (χ0) is 18.0. The Morgan fingerprint density at radius 2 is 1.84 bits per heavy atom. The van der Waals surface area contributed by atoms with E-state index in [9.17, 15) is 9.59 Å². The molecule has 4 nitrogen and oxygen atoms in total. The van der Waals surface area contributed by atoms with Crippen LogP contribution in [-0.4, -0.2) is 30.3 Å². The van der Waals surface area contributed by atoms with Crippen molar-refractivity contribution in [2.45, 2.75) is 39.5 Å². The summed E-state index contributed by atoms with van der Waals surface area (Å²) in [6, 6.07) is 7.91. The first-order chi connectivity index (χ1) is 12.0. The molecule has 2 amide bonds. The van der Waals surface area contributed by atoms with Gasteiger partial charge in [0.1, 0.15) is 0 Å². The van der Waals surface area contributed by atoms with Gasteiger partial charge in [0.2, 0.25) is 5.91 Å². The summed E-state index contributed by atoms with van der Waals surface area (Å²) in [4.78, 5) is 28.6. The number of likely N-dealkylation sites (N-methyl/N-ethyl adjacent to an activating group) is 1. The lowest BCUT2D eigenvalue weighted by molar-refractivity contribution is -0.116. The summed E-state index contributed by atoms with van der Waals surface area (Å²) in [7, 11) is 1.69. The van der Waals surface area contributed by atoms with Gasteiger partial charge in [-0.2, -0.15) is 0 Å². The van der Waals surface area contributed by atoms with Crippen LogP contribution in [0.3, 0.4) is 0 Å². The number of nitrogens with zero attached hydrogens (tertiary/aromatic N) is 1. The summed E-state index contributed by atoms with van der Waals surface area (Å²) >= 11 is 1.58. The largest absolute Gasteiger partial charge is 0.332 e. The molecule has 3 rings (SSSR count). The van der Waals surface area contributed by atoms with Gasteiger partial charge in [-0.15, -0.1) is 11.3 Å². The van der Waals surface area contributed by atoms with Crippen molar-refractivity contribution in [1.29, 1.82) is 0 Å². The van der Waals surface area contributed by atoms with Crippen molar-refractivity contribution < 1.29 is 9.59 Å². The fourth-order valence-electron chi connectivity index (χ4n) is 3.26. The molecule has 132 valence electrons. The number of aryl methyl sites for hydroxylation is 4. The fourth-order valence-corrected chi connectivity index (χ4v) is 4.51. The molecule has 1 aliphatic rings. The molecule has 1 aromatic carbocycles. The average molecular weight is 356 g/mol. The number of nitrogens with one attached hydrogen (secondary N) is 1. The SMILES string of the molecule is Cc1cccc(C)c1NC(=O)CN(C)C(=O)c1cc2c(s1)CCCC2. The molecule has 0 spiro atoms. The Morgan fingerprint density at radius 3 is 2.52 bits per heavy atom. The highest BCUT2D eigenvalue weighted by molar-refractivity contribution is 7.14. The standard InChI is InChI=1S/C20H24N2O2S/c1-13-7-6-8-14(2)19(13)21-18(23)12-22(3)20(24)17-11-15-9-4-5-10-16(15)25-17/h6-8,11H,4-5,9-10,12H2,1-3H3,(H,21,23). The summed E-state index contributed by atoms with van der Waals surface area (Å²) in [5, 5.41) is 2.94. The number of amides is 2. The Bertz CT molecular complexity index is 766. The van der Waals surface area contributed by atoms with E-state index in [0.717, 1.165) is 34.5 Å². The molecule has 5 heteroatoms. The molecule has 0 radical (unpaired) electrons. The highest BCUT2D eigenvalue weighted by Gasteiger charge is 2.21. The third-order valence-corrected chi connectivity index (χ3v) is 5.91. The van der Waals surface area contributed by atoms with Crippen LogP contribution in [0.2, 0.25) is 0 Å². The molecular weight excluding hydrogens is 332 g/mol. The van der Waals surface area contributed by atoms with Crippen molar-refractivity contribution in [1.82, 2.24) is 4.90 Å². The molecule has 25 heavy (non-hydrogen) atoms. The van der Waals surface area contributed by atoms with Crippen molar-refractivity contribution in [2.75, 3.05) is 18.9 Å². The van der Waals surface area contributed by atoms with Crippen molar-refractivity contribution in [3.63, 3.8) is 0 Å². The Hall–Kier alpha value is -2.14. The Balaban J connectivity index is 1.65. The van der Waals surface area contributed by atoms with E-state index in [2.05, 4.69) is 5.32 Å². The smallest absolute Gasteiger partial charge is 0.264 e. The predicted octanol–water partition coefficient (Wildman–Crippen LogP) is 3.95. The van der Waals surface area contributed by atoms with Crippen molar-refractivity contribution in [3.05, 3.63) is 50.7 Å². The number of hydrogen-bond donors (Lipinski definition) is 1. The summed E-state index contributed by atoms with van der Waals surface area (Å²) < 4.78 is 0. The summed E-state index contributed by atoms with van der Waals surface area (Å²) in [6.45, 7) is 3.98. The topological polar surface area (TPSA) is 49.4 Å². The van der Waals surface area contributed by atoms with Crippen LogP contribution in [0.5, 0.6) is 0 Å². The van der Waals surface area contributed by atoms with Gasteiger partial charge in [0, 0.05) is 17.6 Å².